The summed E-state index contributed by atoms with van der Waals surface area (Å²) in [4.78, 5) is 17.7. The number of morpholine rings is 1. The maximum absolute atomic E-state index is 12.6. The highest BCUT2D eigenvalue weighted by atomic mass is 16.5. The minimum atomic E-state index is 0.0633. The quantitative estimate of drug-likeness (QED) is 0.867. The number of benzene rings is 1. The second-order valence-electron chi connectivity index (χ2n) is 5.66. The van der Waals surface area contributed by atoms with Crippen molar-refractivity contribution in [3.8, 4) is 0 Å². The molecule has 0 bridgehead atoms. The third-order valence-corrected chi connectivity index (χ3v) is 3.85. The largest absolute Gasteiger partial charge is 0.375 e. The summed E-state index contributed by atoms with van der Waals surface area (Å²) >= 11 is 0. The third-order valence-electron chi connectivity index (χ3n) is 3.85. The van der Waals surface area contributed by atoms with Crippen LogP contribution in [0.25, 0.3) is 10.9 Å². The molecule has 0 saturated carbocycles. The van der Waals surface area contributed by atoms with E-state index in [1.807, 2.05) is 17.9 Å². The average molecular weight is 272 g/mol. The minimum Gasteiger partial charge on any atom is -0.375 e. The van der Waals surface area contributed by atoms with Gasteiger partial charge in [-0.1, -0.05) is 6.07 Å². The number of amides is 1. The van der Waals surface area contributed by atoms with Gasteiger partial charge in [0.2, 0.25) is 0 Å². The summed E-state index contributed by atoms with van der Waals surface area (Å²) in [7, 11) is 0. The summed E-state index contributed by atoms with van der Waals surface area (Å²) in [5, 5.41) is 1.13. The van der Waals surface area contributed by atoms with Crippen molar-refractivity contribution in [1.29, 1.82) is 0 Å². The first-order valence-corrected chi connectivity index (χ1v) is 7.05. The zero-order valence-corrected chi connectivity index (χ0v) is 12.2. The van der Waals surface area contributed by atoms with E-state index in [1.54, 1.807) is 0 Å². The van der Waals surface area contributed by atoms with Crippen molar-refractivity contribution < 1.29 is 9.53 Å². The number of nitrogens with zero attached hydrogens (tertiary/aromatic N) is 1. The number of nitrogens with one attached hydrogen (secondary N) is 1. The van der Waals surface area contributed by atoms with Gasteiger partial charge in [-0.25, -0.2) is 0 Å². The number of hydrogen-bond acceptors (Lipinski definition) is 2. The maximum Gasteiger partial charge on any atom is 0.270 e. The number of carbonyl (C=O) groups excluding carboxylic acids is 1. The van der Waals surface area contributed by atoms with Crippen LogP contribution in [0, 0.1) is 13.8 Å². The van der Waals surface area contributed by atoms with Gasteiger partial charge < -0.3 is 14.6 Å². The predicted octanol–water partition coefficient (Wildman–Crippen LogP) is 2.65. The van der Waals surface area contributed by atoms with Crippen molar-refractivity contribution in [1.82, 2.24) is 9.88 Å². The van der Waals surface area contributed by atoms with Crippen LogP contribution in [-0.4, -0.2) is 41.6 Å². The Labute approximate surface area is 118 Å². The van der Waals surface area contributed by atoms with Crippen LogP contribution in [0.5, 0.6) is 0 Å². The predicted molar refractivity (Wildman–Crippen MR) is 79.1 cm³/mol. The molecule has 1 amide bonds. The highest BCUT2D eigenvalue weighted by Crippen LogP contribution is 2.22. The molecule has 1 N–H and O–H groups in total. The molecule has 1 aromatic carbocycles. The number of aryl methyl sites for hydroxylation is 2. The van der Waals surface area contributed by atoms with E-state index in [9.17, 15) is 4.79 Å². The van der Waals surface area contributed by atoms with Crippen molar-refractivity contribution in [2.75, 3.05) is 19.7 Å². The fourth-order valence-electron chi connectivity index (χ4n) is 2.89. The lowest BCUT2D eigenvalue weighted by Gasteiger charge is -2.30. The van der Waals surface area contributed by atoms with Crippen molar-refractivity contribution >= 4 is 16.8 Å². The Hall–Kier alpha value is -1.81. The highest BCUT2D eigenvalue weighted by Gasteiger charge is 2.23. The standard InChI is InChI=1S/C16H20N2O2/c1-10-6-11(2)13-8-15(17-14(13)7-10)16(19)18-4-5-20-12(3)9-18/h6-8,12,17H,4-5,9H2,1-3H3. The van der Waals surface area contributed by atoms with E-state index >= 15 is 0 Å². The summed E-state index contributed by atoms with van der Waals surface area (Å²) in [5.41, 5.74) is 4.11. The molecule has 0 radical (unpaired) electrons. The molecule has 1 unspecified atom stereocenters. The van der Waals surface area contributed by atoms with Gasteiger partial charge in [0.15, 0.2) is 0 Å². The summed E-state index contributed by atoms with van der Waals surface area (Å²) < 4.78 is 5.48. The lowest BCUT2D eigenvalue weighted by atomic mass is 10.1. The molecular weight excluding hydrogens is 252 g/mol. The van der Waals surface area contributed by atoms with Gasteiger partial charge in [0.1, 0.15) is 5.69 Å². The van der Waals surface area contributed by atoms with Gasteiger partial charge in [-0.05, 0) is 44.0 Å². The van der Waals surface area contributed by atoms with Crippen LogP contribution in [0.15, 0.2) is 18.2 Å². The van der Waals surface area contributed by atoms with E-state index in [1.165, 1.54) is 11.1 Å². The molecule has 1 saturated heterocycles. The van der Waals surface area contributed by atoms with Gasteiger partial charge in [0.25, 0.3) is 5.91 Å². The average Bonchev–Trinajstić information content (AvgIpc) is 2.82. The number of aromatic nitrogens is 1. The van der Waals surface area contributed by atoms with E-state index in [4.69, 9.17) is 4.74 Å². The van der Waals surface area contributed by atoms with Crippen LogP contribution in [0.2, 0.25) is 0 Å². The molecule has 1 fully saturated rings. The normalized spacial score (nSPS) is 19.6. The zero-order valence-electron chi connectivity index (χ0n) is 12.2. The second kappa shape index (κ2) is 4.94. The van der Waals surface area contributed by atoms with Crippen LogP contribution < -0.4 is 0 Å². The molecular formula is C16H20N2O2. The third kappa shape index (κ3) is 2.31. The molecule has 20 heavy (non-hydrogen) atoms. The summed E-state index contributed by atoms with van der Waals surface area (Å²) in [6, 6.07) is 6.19. The van der Waals surface area contributed by atoms with Gasteiger partial charge in [-0.15, -0.1) is 0 Å². The first-order chi connectivity index (χ1) is 9.54. The molecule has 2 heterocycles. The van der Waals surface area contributed by atoms with Crippen molar-refractivity contribution in [3.63, 3.8) is 0 Å². The van der Waals surface area contributed by atoms with Crippen LogP contribution in [0.3, 0.4) is 0 Å². The SMILES string of the molecule is Cc1cc(C)c2cc(C(=O)N3CCOC(C)C3)[nH]c2c1. The number of H-pyrrole nitrogens is 1. The minimum absolute atomic E-state index is 0.0633. The van der Waals surface area contributed by atoms with E-state index in [0.717, 1.165) is 10.9 Å². The van der Waals surface area contributed by atoms with Crippen molar-refractivity contribution in [2.24, 2.45) is 0 Å². The molecule has 3 rings (SSSR count). The molecule has 2 aromatic rings. The van der Waals surface area contributed by atoms with E-state index < -0.39 is 0 Å². The monoisotopic (exact) mass is 272 g/mol. The summed E-state index contributed by atoms with van der Waals surface area (Å²) in [6.07, 6.45) is 0.112. The number of carbonyl (C=O) groups is 1. The van der Waals surface area contributed by atoms with Crippen LogP contribution in [-0.2, 0) is 4.74 Å². The number of fused-ring (bicyclic) bond motifs is 1. The lowest BCUT2D eigenvalue weighted by Crippen LogP contribution is -2.44. The Kier molecular flexibility index (Phi) is 3.26. The number of aromatic amines is 1. The maximum atomic E-state index is 12.6. The molecule has 1 atom stereocenters. The molecule has 1 aromatic heterocycles. The molecule has 1 aliphatic rings. The fraction of sp³-hybridized carbons (Fsp3) is 0.438. The molecule has 0 spiro atoms. The molecule has 0 aliphatic carbocycles. The van der Waals surface area contributed by atoms with Crippen LogP contribution in [0.1, 0.15) is 28.5 Å². The van der Waals surface area contributed by atoms with Crippen molar-refractivity contribution in [3.05, 3.63) is 35.0 Å². The zero-order chi connectivity index (χ0) is 14.3. The topological polar surface area (TPSA) is 45.3 Å². The molecule has 1 aliphatic heterocycles. The van der Waals surface area contributed by atoms with Gasteiger partial charge in [-0.2, -0.15) is 0 Å². The number of rotatable bonds is 1. The molecule has 106 valence electrons. The fourth-order valence-corrected chi connectivity index (χ4v) is 2.89. The summed E-state index contributed by atoms with van der Waals surface area (Å²) in [6.45, 7) is 8.08. The number of ether oxygens (including phenoxy) is 1. The van der Waals surface area contributed by atoms with Gasteiger partial charge in [0.05, 0.1) is 12.7 Å². The first-order valence-electron chi connectivity index (χ1n) is 7.05. The number of hydrogen-bond donors (Lipinski definition) is 1. The van der Waals surface area contributed by atoms with Gasteiger partial charge in [-0.3, -0.25) is 4.79 Å². The van der Waals surface area contributed by atoms with E-state index in [-0.39, 0.29) is 12.0 Å². The molecule has 4 nitrogen and oxygen atoms in total. The first kappa shape index (κ1) is 13.2. The van der Waals surface area contributed by atoms with Gasteiger partial charge >= 0.3 is 0 Å². The smallest absolute Gasteiger partial charge is 0.270 e. The van der Waals surface area contributed by atoms with Crippen molar-refractivity contribution in [2.45, 2.75) is 26.9 Å². The summed E-state index contributed by atoms with van der Waals surface area (Å²) in [5.74, 6) is 0.0633. The van der Waals surface area contributed by atoms with E-state index in [2.05, 4.69) is 31.0 Å². The Morgan fingerprint density at radius 3 is 2.90 bits per heavy atom. The second-order valence-corrected chi connectivity index (χ2v) is 5.66. The lowest BCUT2D eigenvalue weighted by molar-refractivity contribution is -0.0126. The van der Waals surface area contributed by atoms with E-state index in [0.29, 0.717) is 25.4 Å². The van der Waals surface area contributed by atoms with Gasteiger partial charge in [0, 0.05) is 24.0 Å². The molecule has 4 heteroatoms. The van der Waals surface area contributed by atoms with Crippen LogP contribution in [0.4, 0.5) is 0 Å². The Morgan fingerprint density at radius 2 is 2.15 bits per heavy atom. The highest BCUT2D eigenvalue weighted by molar-refractivity contribution is 5.99. The Balaban J connectivity index is 1.93. The van der Waals surface area contributed by atoms with Crippen LogP contribution >= 0.6 is 0 Å². The Morgan fingerprint density at radius 1 is 1.35 bits per heavy atom. The Bertz CT molecular complexity index is 660.